The second kappa shape index (κ2) is 6.29. The second-order valence-electron chi connectivity index (χ2n) is 4.93. The second-order valence-corrected chi connectivity index (χ2v) is 7.91. The number of thioether (sulfide) groups is 1. The average Bonchev–Trinajstić information content (AvgIpc) is 2.41. The van der Waals surface area contributed by atoms with Gasteiger partial charge < -0.3 is 5.32 Å². The predicted octanol–water partition coefficient (Wildman–Crippen LogP) is 2.64. The molecular formula is C14H21NO2S2. The number of fused-ring (bicyclic) bond motifs is 1. The number of hydrogen-bond donors (Lipinski definition) is 1. The minimum Gasteiger partial charge on any atom is -0.306 e. The molecule has 0 aliphatic carbocycles. The van der Waals surface area contributed by atoms with E-state index in [0.29, 0.717) is 17.4 Å². The Morgan fingerprint density at radius 3 is 2.84 bits per heavy atom. The van der Waals surface area contributed by atoms with E-state index in [2.05, 4.69) is 18.5 Å². The van der Waals surface area contributed by atoms with Crippen LogP contribution >= 0.6 is 11.8 Å². The van der Waals surface area contributed by atoms with E-state index in [-0.39, 0.29) is 11.8 Å². The van der Waals surface area contributed by atoms with E-state index in [0.717, 1.165) is 17.7 Å². The first-order chi connectivity index (χ1) is 9.08. The lowest BCUT2D eigenvalue weighted by atomic mass is 10.0. The third-order valence-electron chi connectivity index (χ3n) is 3.60. The zero-order valence-corrected chi connectivity index (χ0v) is 13.1. The molecule has 19 heavy (non-hydrogen) atoms. The Balaban J connectivity index is 2.25. The van der Waals surface area contributed by atoms with Crippen molar-refractivity contribution in [3.63, 3.8) is 0 Å². The van der Waals surface area contributed by atoms with Gasteiger partial charge in [0.25, 0.3) is 0 Å². The molecule has 0 saturated carbocycles. The third-order valence-corrected chi connectivity index (χ3v) is 6.15. The van der Waals surface area contributed by atoms with Crippen LogP contribution in [-0.2, 0) is 9.84 Å². The van der Waals surface area contributed by atoms with Gasteiger partial charge in [-0.1, -0.05) is 25.1 Å². The Morgan fingerprint density at radius 1 is 1.42 bits per heavy atom. The van der Waals surface area contributed by atoms with E-state index in [9.17, 15) is 8.42 Å². The molecule has 0 saturated heterocycles. The Kier molecular flexibility index (Phi) is 4.92. The first-order valence-electron chi connectivity index (χ1n) is 6.65. The molecule has 2 atom stereocenters. The van der Waals surface area contributed by atoms with E-state index in [1.807, 2.05) is 23.9 Å². The smallest absolute Gasteiger partial charge is 0.178 e. The molecule has 1 aliphatic rings. The molecule has 3 nitrogen and oxygen atoms in total. The molecule has 2 unspecified atom stereocenters. The van der Waals surface area contributed by atoms with Crippen molar-refractivity contribution >= 4 is 21.6 Å². The first-order valence-corrected chi connectivity index (χ1v) is 9.69. The molecule has 0 bridgehead atoms. The fourth-order valence-electron chi connectivity index (χ4n) is 2.53. The summed E-state index contributed by atoms with van der Waals surface area (Å²) in [6.07, 6.45) is 3.83. The highest BCUT2D eigenvalue weighted by Crippen LogP contribution is 2.32. The van der Waals surface area contributed by atoms with Gasteiger partial charge in [-0.3, -0.25) is 0 Å². The normalized spacial score (nSPS) is 22.7. The van der Waals surface area contributed by atoms with Crippen molar-refractivity contribution in [3.8, 4) is 0 Å². The van der Waals surface area contributed by atoms with Gasteiger partial charge in [-0.2, -0.15) is 11.8 Å². The summed E-state index contributed by atoms with van der Waals surface area (Å²) in [6, 6.07) is 8.00. The molecule has 0 amide bonds. The Bertz CT molecular complexity index is 528. The van der Waals surface area contributed by atoms with Crippen molar-refractivity contribution in [3.05, 3.63) is 29.8 Å². The van der Waals surface area contributed by atoms with Crippen LogP contribution in [0, 0.1) is 0 Å². The van der Waals surface area contributed by atoms with Gasteiger partial charge in [0.1, 0.15) is 0 Å². The van der Waals surface area contributed by atoms with Crippen molar-refractivity contribution in [2.24, 2.45) is 0 Å². The zero-order chi connectivity index (χ0) is 13.9. The van der Waals surface area contributed by atoms with Crippen LogP contribution in [0.15, 0.2) is 29.2 Å². The van der Waals surface area contributed by atoms with Crippen molar-refractivity contribution < 1.29 is 8.42 Å². The summed E-state index contributed by atoms with van der Waals surface area (Å²) in [7, 11) is -3.07. The Morgan fingerprint density at radius 2 is 2.16 bits per heavy atom. The fraction of sp³-hybridized carbons (Fsp3) is 0.571. The van der Waals surface area contributed by atoms with Gasteiger partial charge in [0, 0.05) is 17.8 Å². The Labute approximate surface area is 120 Å². The van der Waals surface area contributed by atoms with E-state index >= 15 is 0 Å². The van der Waals surface area contributed by atoms with Crippen molar-refractivity contribution in [2.75, 3.05) is 17.8 Å². The van der Waals surface area contributed by atoms with E-state index in [1.54, 1.807) is 12.1 Å². The number of hydrogen-bond acceptors (Lipinski definition) is 4. The molecule has 0 spiro atoms. The number of sulfone groups is 1. The van der Waals surface area contributed by atoms with Crippen LogP contribution in [0.1, 0.15) is 31.4 Å². The van der Waals surface area contributed by atoms with Gasteiger partial charge in [-0.05, 0) is 30.7 Å². The van der Waals surface area contributed by atoms with Gasteiger partial charge in [0.2, 0.25) is 0 Å². The van der Waals surface area contributed by atoms with Crippen LogP contribution in [0.4, 0.5) is 0 Å². The molecule has 0 radical (unpaired) electrons. The fourth-order valence-corrected chi connectivity index (χ4v) is 4.89. The molecule has 1 aromatic carbocycles. The summed E-state index contributed by atoms with van der Waals surface area (Å²) in [4.78, 5) is 0.512. The molecule has 1 N–H and O–H groups in total. The maximum absolute atomic E-state index is 12.1. The van der Waals surface area contributed by atoms with Crippen molar-refractivity contribution in [1.29, 1.82) is 0 Å². The maximum atomic E-state index is 12.1. The van der Waals surface area contributed by atoms with E-state index in [4.69, 9.17) is 0 Å². The molecule has 0 aromatic heterocycles. The molecule has 2 rings (SSSR count). The minimum absolute atomic E-state index is 0.164. The minimum atomic E-state index is -3.07. The molecule has 106 valence electrons. The maximum Gasteiger partial charge on any atom is 0.178 e. The summed E-state index contributed by atoms with van der Waals surface area (Å²) in [5.41, 5.74) is 0.938. The molecular weight excluding hydrogens is 278 g/mol. The first kappa shape index (κ1) is 14.9. The van der Waals surface area contributed by atoms with E-state index in [1.165, 1.54) is 0 Å². The van der Waals surface area contributed by atoms with Gasteiger partial charge in [-0.25, -0.2) is 8.42 Å². The largest absolute Gasteiger partial charge is 0.306 e. The van der Waals surface area contributed by atoms with E-state index < -0.39 is 9.84 Å². The zero-order valence-electron chi connectivity index (χ0n) is 11.4. The Hall–Kier alpha value is -0.520. The standard InChI is InChI=1S/C14H21NO2S2/c1-3-11(10-18-2)15-13-8-9-19(16,17)14-7-5-4-6-12(13)14/h4-7,11,13,15H,3,8-10H2,1-2H3. The molecule has 5 heteroatoms. The van der Waals surface area contributed by atoms with Gasteiger partial charge in [0.15, 0.2) is 9.84 Å². The van der Waals surface area contributed by atoms with Crippen LogP contribution in [0.25, 0.3) is 0 Å². The van der Waals surface area contributed by atoms with Gasteiger partial charge in [0.05, 0.1) is 10.6 Å². The quantitative estimate of drug-likeness (QED) is 0.908. The summed E-state index contributed by atoms with van der Waals surface area (Å²) in [5, 5.41) is 3.62. The average molecular weight is 299 g/mol. The monoisotopic (exact) mass is 299 g/mol. The van der Waals surface area contributed by atoms with Crippen LogP contribution in [-0.4, -0.2) is 32.2 Å². The highest BCUT2D eigenvalue weighted by Gasteiger charge is 2.30. The summed E-state index contributed by atoms with van der Waals surface area (Å²) in [5.74, 6) is 1.30. The lowest BCUT2D eigenvalue weighted by Gasteiger charge is -2.29. The summed E-state index contributed by atoms with van der Waals surface area (Å²) in [6.45, 7) is 2.17. The van der Waals surface area contributed by atoms with Crippen LogP contribution < -0.4 is 5.32 Å². The topological polar surface area (TPSA) is 46.2 Å². The lowest BCUT2D eigenvalue weighted by Crippen LogP contribution is -2.37. The van der Waals surface area contributed by atoms with Crippen molar-refractivity contribution in [2.45, 2.75) is 36.7 Å². The highest BCUT2D eigenvalue weighted by atomic mass is 32.2. The summed E-state index contributed by atoms with van der Waals surface area (Å²) < 4.78 is 24.1. The number of rotatable bonds is 5. The number of nitrogens with one attached hydrogen (secondary N) is 1. The predicted molar refractivity (Wildman–Crippen MR) is 81.4 cm³/mol. The van der Waals surface area contributed by atoms with Crippen molar-refractivity contribution in [1.82, 2.24) is 5.32 Å². The SMILES string of the molecule is CCC(CSC)NC1CCS(=O)(=O)c2ccccc21. The highest BCUT2D eigenvalue weighted by molar-refractivity contribution is 7.98. The van der Waals surface area contributed by atoms with Gasteiger partial charge in [-0.15, -0.1) is 0 Å². The number of benzene rings is 1. The molecule has 0 fully saturated rings. The summed E-state index contributed by atoms with van der Waals surface area (Å²) >= 11 is 1.82. The molecule has 1 aromatic rings. The van der Waals surface area contributed by atoms with Crippen LogP contribution in [0.3, 0.4) is 0 Å². The molecule has 1 aliphatic heterocycles. The van der Waals surface area contributed by atoms with Crippen LogP contribution in [0.2, 0.25) is 0 Å². The van der Waals surface area contributed by atoms with Crippen LogP contribution in [0.5, 0.6) is 0 Å². The molecule has 1 heterocycles. The third kappa shape index (κ3) is 3.33. The lowest BCUT2D eigenvalue weighted by molar-refractivity contribution is 0.429. The van der Waals surface area contributed by atoms with Gasteiger partial charge >= 0.3 is 0 Å².